The molecule has 0 aliphatic heterocycles. The summed E-state index contributed by atoms with van der Waals surface area (Å²) in [4.78, 5) is 3.72. The minimum atomic E-state index is -3.78. The van der Waals surface area contributed by atoms with Gasteiger partial charge >= 0.3 is 0 Å². The lowest BCUT2D eigenvalue weighted by Gasteiger charge is -2.12. The third-order valence-electron chi connectivity index (χ3n) is 2.32. The highest BCUT2D eigenvalue weighted by atomic mass is 127. The largest absolute Gasteiger partial charge is 0.277 e. The van der Waals surface area contributed by atoms with Crippen LogP contribution in [0.5, 0.6) is 0 Å². The molecule has 2 rings (SSSR count). The van der Waals surface area contributed by atoms with Gasteiger partial charge in [0.2, 0.25) is 0 Å². The standard InChI is InChI=1S/C11H5Cl2I3N2O2S/c12-7-3-6(4-17-11(7)13)21(19,20)18-10-8(15)1-5(14)2-9(10)16/h1-4,18H. The van der Waals surface area contributed by atoms with E-state index in [0.29, 0.717) is 5.69 Å². The molecule has 0 bridgehead atoms. The summed E-state index contributed by atoms with van der Waals surface area (Å²) in [5.74, 6) is 0. The fraction of sp³-hybridized carbons (Fsp3) is 0. The van der Waals surface area contributed by atoms with Gasteiger partial charge in [-0.15, -0.1) is 0 Å². The maximum atomic E-state index is 12.4. The Morgan fingerprint density at radius 3 is 2.14 bits per heavy atom. The van der Waals surface area contributed by atoms with E-state index in [0.717, 1.165) is 10.7 Å². The van der Waals surface area contributed by atoms with Gasteiger partial charge in [0.15, 0.2) is 0 Å². The number of anilines is 1. The smallest absolute Gasteiger partial charge is 0.263 e. The highest BCUT2D eigenvalue weighted by molar-refractivity contribution is 14.1. The van der Waals surface area contributed by atoms with E-state index >= 15 is 0 Å². The van der Waals surface area contributed by atoms with Crippen LogP contribution in [-0.2, 0) is 10.0 Å². The molecule has 2 aromatic rings. The van der Waals surface area contributed by atoms with Gasteiger partial charge in [0.1, 0.15) is 10.0 Å². The second-order valence-corrected chi connectivity index (χ2v) is 9.81. The quantitative estimate of drug-likeness (QED) is 0.367. The monoisotopic (exact) mass is 680 g/mol. The third-order valence-corrected chi connectivity index (χ3v) is 6.65. The number of aromatic nitrogens is 1. The molecule has 112 valence electrons. The normalized spacial score (nSPS) is 11.5. The lowest BCUT2D eigenvalue weighted by molar-refractivity contribution is 0.601. The van der Waals surface area contributed by atoms with Crippen LogP contribution in [0, 0.1) is 10.7 Å². The van der Waals surface area contributed by atoms with Crippen molar-refractivity contribution in [2.75, 3.05) is 4.72 Å². The molecule has 0 saturated heterocycles. The van der Waals surface area contributed by atoms with Gasteiger partial charge in [-0.25, -0.2) is 13.4 Å². The topological polar surface area (TPSA) is 59.1 Å². The summed E-state index contributed by atoms with van der Waals surface area (Å²) < 4.78 is 30.0. The molecule has 10 heteroatoms. The van der Waals surface area contributed by atoms with Crippen LogP contribution in [0.15, 0.2) is 29.3 Å². The lowest BCUT2D eigenvalue weighted by Crippen LogP contribution is -2.15. The molecular formula is C11H5Cl2I3N2O2S. The molecule has 0 aliphatic carbocycles. The van der Waals surface area contributed by atoms with Crippen LogP contribution in [0.1, 0.15) is 0 Å². The van der Waals surface area contributed by atoms with Gasteiger partial charge in [0, 0.05) is 16.9 Å². The average Bonchev–Trinajstić information content (AvgIpc) is 2.37. The molecule has 0 spiro atoms. The van der Waals surface area contributed by atoms with Gasteiger partial charge in [-0.3, -0.25) is 4.72 Å². The van der Waals surface area contributed by atoms with Gasteiger partial charge < -0.3 is 0 Å². The van der Waals surface area contributed by atoms with Crippen molar-refractivity contribution in [3.05, 3.63) is 45.3 Å². The highest BCUT2D eigenvalue weighted by Crippen LogP contribution is 2.30. The number of hydrogen-bond donors (Lipinski definition) is 1. The summed E-state index contributed by atoms with van der Waals surface area (Å²) in [6.07, 6.45) is 1.17. The zero-order valence-electron chi connectivity index (χ0n) is 9.87. The van der Waals surface area contributed by atoms with Crippen molar-refractivity contribution in [3.8, 4) is 0 Å². The SMILES string of the molecule is O=S(=O)(Nc1c(I)cc(I)cc1I)c1cnc(Cl)c(Cl)c1. The fourth-order valence-electron chi connectivity index (χ4n) is 1.38. The first-order valence-electron chi connectivity index (χ1n) is 5.19. The fourth-order valence-corrected chi connectivity index (χ4v) is 7.01. The second-order valence-electron chi connectivity index (χ2n) is 3.79. The molecule has 1 aromatic heterocycles. The molecule has 21 heavy (non-hydrogen) atoms. The molecule has 0 amide bonds. The summed E-state index contributed by atoms with van der Waals surface area (Å²) >= 11 is 17.9. The maximum Gasteiger partial charge on any atom is 0.263 e. The zero-order chi connectivity index (χ0) is 15.8. The number of nitrogens with zero attached hydrogens (tertiary/aromatic N) is 1. The number of rotatable bonds is 3. The van der Waals surface area contributed by atoms with Crippen LogP contribution in [0.3, 0.4) is 0 Å². The van der Waals surface area contributed by atoms with E-state index in [1.807, 2.05) is 12.1 Å². The highest BCUT2D eigenvalue weighted by Gasteiger charge is 2.19. The van der Waals surface area contributed by atoms with E-state index in [1.54, 1.807) is 0 Å². The van der Waals surface area contributed by atoms with Crippen molar-refractivity contribution >= 4 is 107 Å². The predicted octanol–water partition coefficient (Wildman–Crippen LogP) is 5.00. The molecular weight excluding hydrogens is 676 g/mol. The van der Waals surface area contributed by atoms with E-state index in [4.69, 9.17) is 23.2 Å². The Morgan fingerprint density at radius 1 is 1.05 bits per heavy atom. The molecule has 1 N–H and O–H groups in total. The van der Waals surface area contributed by atoms with Gasteiger partial charge in [-0.2, -0.15) is 0 Å². The van der Waals surface area contributed by atoms with Gasteiger partial charge in [-0.05, 0) is 86.0 Å². The van der Waals surface area contributed by atoms with E-state index in [9.17, 15) is 8.42 Å². The second kappa shape index (κ2) is 7.20. The Kier molecular flexibility index (Phi) is 6.25. The van der Waals surface area contributed by atoms with E-state index in [2.05, 4.69) is 77.5 Å². The summed E-state index contributed by atoms with van der Waals surface area (Å²) in [5.41, 5.74) is 0.530. The Balaban J connectivity index is 2.44. The minimum absolute atomic E-state index is 0.0398. The molecule has 4 nitrogen and oxygen atoms in total. The summed E-state index contributed by atoms with van der Waals surface area (Å²) in [6.45, 7) is 0. The lowest BCUT2D eigenvalue weighted by atomic mass is 10.3. The van der Waals surface area contributed by atoms with Crippen molar-refractivity contribution in [2.45, 2.75) is 4.90 Å². The molecule has 1 heterocycles. The van der Waals surface area contributed by atoms with Crippen molar-refractivity contribution in [1.29, 1.82) is 0 Å². The Bertz CT molecular complexity index is 792. The number of sulfonamides is 1. The van der Waals surface area contributed by atoms with Crippen LogP contribution in [0.25, 0.3) is 0 Å². The molecule has 1 aromatic carbocycles. The number of nitrogens with one attached hydrogen (secondary N) is 1. The predicted molar refractivity (Wildman–Crippen MR) is 110 cm³/mol. The molecule has 0 unspecified atom stereocenters. The number of halogens is 5. The summed E-state index contributed by atoms with van der Waals surface area (Å²) in [5, 5.41) is 0.153. The van der Waals surface area contributed by atoms with E-state index in [-0.39, 0.29) is 15.1 Å². The van der Waals surface area contributed by atoms with Gasteiger partial charge in [0.25, 0.3) is 10.0 Å². The van der Waals surface area contributed by atoms with Crippen molar-refractivity contribution in [2.24, 2.45) is 0 Å². The van der Waals surface area contributed by atoms with Crippen LogP contribution >= 0.6 is 91.0 Å². The summed E-state index contributed by atoms with van der Waals surface area (Å²) in [7, 11) is -3.78. The third kappa shape index (κ3) is 4.46. The van der Waals surface area contributed by atoms with Crippen molar-refractivity contribution < 1.29 is 8.42 Å². The molecule has 0 aliphatic rings. The van der Waals surface area contributed by atoms with Gasteiger partial charge in [-0.1, -0.05) is 23.2 Å². The molecule has 0 fully saturated rings. The van der Waals surface area contributed by atoms with Crippen molar-refractivity contribution in [1.82, 2.24) is 4.98 Å². The van der Waals surface area contributed by atoms with E-state index in [1.165, 1.54) is 12.3 Å². The Labute approximate surface area is 172 Å². The number of pyridine rings is 1. The van der Waals surface area contributed by atoms with E-state index < -0.39 is 10.0 Å². The van der Waals surface area contributed by atoms with Crippen LogP contribution in [0.2, 0.25) is 10.2 Å². The first-order chi connectivity index (χ1) is 9.70. The molecule has 0 radical (unpaired) electrons. The van der Waals surface area contributed by atoms with Crippen LogP contribution in [-0.4, -0.2) is 13.4 Å². The van der Waals surface area contributed by atoms with Gasteiger partial charge in [0.05, 0.1) is 10.7 Å². The van der Waals surface area contributed by atoms with Crippen LogP contribution in [0.4, 0.5) is 5.69 Å². The summed E-state index contributed by atoms with van der Waals surface area (Å²) in [6, 6.07) is 5.04. The number of benzene rings is 1. The zero-order valence-corrected chi connectivity index (χ0v) is 18.7. The maximum absolute atomic E-state index is 12.4. The molecule has 0 atom stereocenters. The first-order valence-corrected chi connectivity index (χ1v) is 10.7. The first kappa shape index (κ1) is 18.2. The average molecular weight is 681 g/mol. The Hall–Kier alpha value is 0.890. The van der Waals surface area contributed by atoms with Crippen molar-refractivity contribution in [3.63, 3.8) is 0 Å². The Morgan fingerprint density at radius 2 is 1.62 bits per heavy atom. The number of hydrogen-bond acceptors (Lipinski definition) is 3. The molecule has 0 saturated carbocycles. The minimum Gasteiger partial charge on any atom is -0.277 e. The van der Waals surface area contributed by atoms with Crippen LogP contribution < -0.4 is 4.72 Å².